The van der Waals surface area contributed by atoms with Crippen LogP contribution >= 0.6 is 11.3 Å². The van der Waals surface area contributed by atoms with Gasteiger partial charge in [0.25, 0.3) is 5.91 Å². The number of aryl methyl sites for hydroxylation is 1. The van der Waals surface area contributed by atoms with Gasteiger partial charge in [0.15, 0.2) is 11.6 Å². The number of nitrogens with zero attached hydrogens (tertiary/aromatic N) is 1. The maximum atomic E-state index is 13.3. The first-order valence-electron chi connectivity index (χ1n) is 8.91. The molecule has 0 aliphatic rings. The van der Waals surface area contributed by atoms with Gasteiger partial charge < -0.3 is 5.32 Å². The molecule has 6 heteroatoms. The number of halogens is 2. The van der Waals surface area contributed by atoms with Crippen molar-refractivity contribution < 1.29 is 13.6 Å². The number of aromatic nitrogens is 1. The molecule has 0 saturated carbocycles. The van der Waals surface area contributed by atoms with Crippen LogP contribution in [0.1, 0.15) is 15.2 Å². The minimum Gasteiger partial charge on any atom is -0.322 e. The second-order valence-electron chi connectivity index (χ2n) is 6.45. The van der Waals surface area contributed by atoms with Crippen molar-refractivity contribution in [3.05, 3.63) is 94.9 Å². The third-order valence-electron chi connectivity index (χ3n) is 4.42. The first-order valence-corrected chi connectivity index (χ1v) is 9.72. The molecule has 0 aliphatic carbocycles. The fourth-order valence-electron chi connectivity index (χ4n) is 2.92. The number of rotatable bonds is 4. The molecule has 0 aliphatic heterocycles. The average Bonchev–Trinajstić information content (AvgIpc) is 3.13. The van der Waals surface area contributed by atoms with Crippen molar-refractivity contribution >= 4 is 22.9 Å². The highest BCUT2D eigenvalue weighted by atomic mass is 32.1. The number of thiazole rings is 1. The van der Waals surface area contributed by atoms with E-state index >= 15 is 0 Å². The van der Waals surface area contributed by atoms with Gasteiger partial charge in [0.2, 0.25) is 0 Å². The average molecular weight is 406 g/mol. The molecule has 0 bridgehead atoms. The van der Waals surface area contributed by atoms with E-state index < -0.39 is 17.5 Å². The van der Waals surface area contributed by atoms with Crippen molar-refractivity contribution in [2.75, 3.05) is 5.32 Å². The van der Waals surface area contributed by atoms with Crippen LogP contribution < -0.4 is 5.32 Å². The molecule has 1 N–H and O–H groups in total. The summed E-state index contributed by atoms with van der Waals surface area (Å²) in [5, 5.41) is 3.64. The summed E-state index contributed by atoms with van der Waals surface area (Å²) in [5.41, 5.74) is 3.51. The molecule has 0 unspecified atom stereocenters. The summed E-state index contributed by atoms with van der Waals surface area (Å²) in [5.74, 6) is -2.55. The molecule has 1 amide bonds. The number of nitrogens with one attached hydrogen (secondary N) is 1. The van der Waals surface area contributed by atoms with Crippen molar-refractivity contribution in [1.29, 1.82) is 0 Å². The summed E-state index contributed by atoms with van der Waals surface area (Å²) >= 11 is 1.63. The van der Waals surface area contributed by atoms with Crippen LogP contribution in [-0.4, -0.2) is 10.9 Å². The zero-order valence-electron chi connectivity index (χ0n) is 15.4. The SMILES string of the molecule is Cc1sc(-c2ccccc2)nc1-c1ccc(NC(=O)c2ccc(F)c(F)c2)cc1. The van der Waals surface area contributed by atoms with E-state index in [1.807, 2.05) is 49.4 Å². The largest absolute Gasteiger partial charge is 0.322 e. The quantitative estimate of drug-likeness (QED) is 0.431. The second-order valence-corrected chi connectivity index (χ2v) is 7.65. The van der Waals surface area contributed by atoms with E-state index in [0.717, 1.165) is 38.8 Å². The molecule has 1 heterocycles. The number of carbonyl (C=O) groups is 1. The number of hydrogen-bond acceptors (Lipinski definition) is 3. The third-order valence-corrected chi connectivity index (χ3v) is 5.44. The van der Waals surface area contributed by atoms with E-state index in [0.29, 0.717) is 5.69 Å². The number of anilines is 1. The van der Waals surface area contributed by atoms with Crippen molar-refractivity contribution in [2.45, 2.75) is 6.92 Å². The van der Waals surface area contributed by atoms with E-state index in [4.69, 9.17) is 4.98 Å². The van der Waals surface area contributed by atoms with Crippen LogP contribution in [0.2, 0.25) is 0 Å². The lowest BCUT2D eigenvalue weighted by Gasteiger charge is -2.07. The molecule has 0 spiro atoms. The van der Waals surface area contributed by atoms with Crippen LogP contribution in [-0.2, 0) is 0 Å². The molecular formula is C23H16F2N2OS. The van der Waals surface area contributed by atoms with Gasteiger partial charge in [-0.05, 0) is 37.3 Å². The monoisotopic (exact) mass is 406 g/mol. The molecule has 1 aromatic heterocycles. The molecule has 3 nitrogen and oxygen atoms in total. The molecule has 4 rings (SSSR count). The molecule has 3 aromatic carbocycles. The predicted octanol–water partition coefficient (Wildman–Crippen LogP) is 6.32. The third kappa shape index (κ3) is 4.07. The number of hydrogen-bond donors (Lipinski definition) is 1. The van der Waals surface area contributed by atoms with Crippen LogP contribution in [0.25, 0.3) is 21.8 Å². The van der Waals surface area contributed by atoms with E-state index in [1.54, 1.807) is 23.5 Å². The highest BCUT2D eigenvalue weighted by molar-refractivity contribution is 7.15. The van der Waals surface area contributed by atoms with Crippen LogP contribution in [0.4, 0.5) is 14.5 Å². The molecule has 0 atom stereocenters. The standard InChI is InChI=1S/C23H16F2N2OS/c1-14-21(27-23(29-14)16-5-3-2-4-6-16)15-7-10-18(11-8-15)26-22(28)17-9-12-19(24)20(25)13-17/h2-13H,1H3,(H,26,28). The molecule has 0 saturated heterocycles. The lowest BCUT2D eigenvalue weighted by atomic mass is 10.1. The van der Waals surface area contributed by atoms with Gasteiger partial charge >= 0.3 is 0 Å². The lowest BCUT2D eigenvalue weighted by molar-refractivity contribution is 0.102. The lowest BCUT2D eigenvalue weighted by Crippen LogP contribution is -2.12. The normalized spacial score (nSPS) is 10.7. The van der Waals surface area contributed by atoms with Crippen molar-refractivity contribution in [1.82, 2.24) is 4.98 Å². The number of amides is 1. The maximum absolute atomic E-state index is 13.3. The van der Waals surface area contributed by atoms with Crippen LogP contribution in [0.5, 0.6) is 0 Å². The van der Waals surface area contributed by atoms with Gasteiger partial charge in [-0.25, -0.2) is 13.8 Å². The number of benzene rings is 3. The fraction of sp³-hybridized carbons (Fsp3) is 0.0435. The van der Waals surface area contributed by atoms with Crippen molar-refractivity contribution in [3.8, 4) is 21.8 Å². The summed E-state index contributed by atoms with van der Waals surface area (Å²) in [6.07, 6.45) is 0. The Balaban J connectivity index is 1.53. The van der Waals surface area contributed by atoms with E-state index in [1.165, 1.54) is 6.07 Å². The van der Waals surface area contributed by atoms with Crippen molar-refractivity contribution in [3.63, 3.8) is 0 Å². The Morgan fingerprint density at radius 1 is 0.897 bits per heavy atom. The summed E-state index contributed by atoms with van der Waals surface area (Å²) in [4.78, 5) is 18.1. The molecule has 29 heavy (non-hydrogen) atoms. The van der Waals surface area contributed by atoms with Gasteiger partial charge in [0.05, 0.1) is 5.69 Å². The van der Waals surface area contributed by atoms with Crippen LogP contribution in [0, 0.1) is 18.6 Å². The Hall–Kier alpha value is -3.38. The zero-order valence-corrected chi connectivity index (χ0v) is 16.3. The summed E-state index contributed by atoms with van der Waals surface area (Å²) in [6, 6.07) is 20.3. The van der Waals surface area contributed by atoms with Gasteiger partial charge in [-0.15, -0.1) is 11.3 Å². The van der Waals surface area contributed by atoms with Gasteiger partial charge in [0, 0.05) is 27.3 Å². The molecular weight excluding hydrogens is 390 g/mol. The van der Waals surface area contributed by atoms with E-state index in [9.17, 15) is 13.6 Å². The minimum atomic E-state index is -1.05. The Morgan fingerprint density at radius 3 is 2.31 bits per heavy atom. The van der Waals surface area contributed by atoms with Crippen molar-refractivity contribution in [2.24, 2.45) is 0 Å². The Kier molecular flexibility index (Phi) is 5.18. The van der Waals surface area contributed by atoms with Gasteiger partial charge in [0.1, 0.15) is 5.01 Å². The Labute approximate surface area is 170 Å². The predicted molar refractivity (Wildman–Crippen MR) is 112 cm³/mol. The maximum Gasteiger partial charge on any atom is 0.255 e. The molecule has 144 valence electrons. The fourth-order valence-corrected chi connectivity index (χ4v) is 3.86. The topological polar surface area (TPSA) is 42.0 Å². The summed E-state index contributed by atoms with van der Waals surface area (Å²) in [6.45, 7) is 2.03. The second kappa shape index (κ2) is 7.93. The Bertz CT molecular complexity index is 1170. The molecule has 4 aromatic rings. The van der Waals surface area contributed by atoms with Gasteiger partial charge in [-0.3, -0.25) is 4.79 Å². The van der Waals surface area contributed by atoms with Gasteiger partial charge in [-0.2, -0.15) is 0 Å². The van der Waals surface area contributed by atoms with Crippen LogP contribution in [0.3, 0.4) is 0 Å². The van der Waals surface area contributed by atoms with E-state index in [2.05, 4.69) is 5.32 Å². The molecule has 0 fully saturated rings. The first kappa shape index (κ1) is 19.0. The first-order chi connectivity index (χ1) is 14.0. The van der Waals surface area contributed by atoms with Crippen LogP contribution in [0.15, 0.2) is 72.8 Å². The number of carbonyl (C=O) groups excluding carboxylic acids is 1. The van der Waals surface area contributed by atoms with E-state index in [-0.39, 0.29) is 5.56 Å². The highest BCUT2D eigenvalue weighted by Gasteiger charge is 2.13. The zero-order chi connectivity index (χ0) is 20.4. The van der Waals surface area contributed by atoms with Gasteiger partial charge in [-0.1, -0.05) is 42.5 Å². The summed E-state index contributed by atoms with van der Waals surface area (Å²) < 4.78 is 26.3. The smallest absolute Gasteiger partial charge is 0.255 e. The summed E-state index contributed by atoms with van der Waals surface area (Å²) in [7, 11) is 0. The molecule has 0 radical (unpaired) electrons. The minimum absolute atomic E-state index is 0.0517. The highest BCUT2D eigenvalue weighted by Crippen LogP contribution is 2.33. The Morgan fingerprint density at radius 2 is 1.62 bits per heavy atom.